The van der Waals surface area contributed by atoms with Crippen molar-refractivity contribution in [3.8, 4) is 0 Å². The predicted molar refractivity (Wildman–Crippen MR) is 97.3 cm³/mol. The SMILES string of the molecule is CCC1CCCCN1C(=O)CCN(C1CCCCCC1)S(C)(=O)=O. The van der Waals surface area contributed by atoms with Gasteiger partial charge in [0.2, 0.25) is 15.9 Å². The minimum absolute atomic E-state index is 0.0821. The molecule has 1 aliphatic heterocycles. The third-order valence-corrected chi connectivity index (χ3v) is 6.96. The monoisotopic (exact) mass is 358 g/mol. The van der Waals surface area contributed by atoms with E-state index in [0.29, 0.717) is 19.0 Å². The van der Waals surface area contributed by atoms with E-state index >= 15 is 0 Å². The van der Waals surface area contributed by atoms with Crippen molar-refractivity contribution in [2.24, 2.45) is 0 Å². The molecule has 5 nitrogen and oxygen atoms in total. The Morgan fingerprint density at radius 2 is 1.67 bits per heavy atom. The van der Waals surface area contributed by atoms with Crippen molar-refractivity contribution in [2.45, 2.75) is 89.6 Å². The molecule has 0 aromatic carbocycles. The molecule has 0 radical (unpaired) electrons. The molecule has 0 aromatic rings. The maximum atomic E-state index is 12.7. The third kappa shape index (κ3) is 5.45. The van der Waals surface area contributed by atoms with E-state index in [1.54, 1.807) is 4.31 Å². The predicted octanol–water partition coefficient (Wildman–Crippen LogP) is 3.15. The smallest absolute Gasteiger partial charge is 0.224 e. The summed E-state index contributed by atoms with van der Waals surface area (Å²) in [6.07, 6.45) is 12.4. The second kappa shape index (κ2) is 9.18. The normalized spacial score (nSPS) is 24.1. The number of piperidine rings is 1. The van der Waals surface area contributed by atoms with Gasteiger partial charge in [0.25, 0.3) is 0 Å². The van der Waals surface area contributed by atoms with Crippen LogP contribution in [0.15, 0.2) is 0 Å². The molecule has 0 aromatic heterocycles. The highest BCUT2D eigenvalue weighted by Gasteiger charge is 2.30. The van der Waals surface area contributed by atoms with Gasteiger partial charge in [-0.2, -0.15) is 4.31 Å². The molecule has 1 amide bonds. The van der Waals surface area contributed by atoms with Gasteiger partial charge in [-0.15, -0.1) is 0 Å². The molecular formula is C18H34N2O3S. The second-order valence-electron chi connectivity index (χ2n) is 7.41. The molecule has 2 aliphatic rings. The number of likely N-dealkylation sites (tertiary alicyclic amines) is 1. The summed E-state index contributed by atoms with van der Waals surface area (Å²) in [5, 5.41) is 0. The van der Waals surface area contributed by atoms with Crippen LogP contribution in [0.2, 0.25) is 0 Å². The zero-order valence-electron chi connectivity index (χ0n) is 15.4. The van der Waals surface area contributed by atoms with Crippen molar-refractivity contribution in [3.63, 3.8) is 0 Å². The fourth-order valence-corrected chi connectivity index (χ4v) is 5.44. The highest BCUT2D eigenvalue weighted by atomic mass is 32.2. The van der Waals surface area contributed by atoms with Crippen molar-refractivity contribution >= 4 is 15.9 Å². The van der Waals surface area contributed by atoms with Crippen LogP contribution in [0.4, 0.5) is 0 Å². The Hall–Kier alpha value is -0.620. The van der Waals surface area contributed by atoms with Crippen molar-refractivity contribution in [2.75, 3.05) is 19.3 Å². The maximum absolute atomic E-state index is 12.7. The zero-order valence-corrected chi connectivity index (χ0v) is 16.2. The summed E-state index contributed by atoms with van der Waals surface area (Å²) in [6.45, 7) is 3.31. The topological polar surface area (TPSA) is 57.7 Å². The summed E-state index contributed by atoms with van der Waals surface area (Å²) >= 11 is 0. The van der Waals surface area contributed by atoms with Crippen molar-refractivity contribution in [1.29, 1.82) is 0 Å². The van der Waals surface area contributed by atoms with E-state index < -0.39 is 10.0 Å². The molecule has 6 heteroatoms. The van der Waals surface area contributed by atoms with Crippen LogP contribution in [-0.2, 0) is 14.8 Å². The summed E-state index contributed by atoms with van der Waals surface area (Å²) in [4.78, 5) is 14.7. The number of carbonyl (C=O) groups is 1. The van der Waals surface area contributed by atoms with Crippen LogP contribution < -0.4 is 0 Å². The maximum Gasteiger partial charge on any atom is 0.224 e. The van der Waals surface area contributed by atoms with Gasteiger partial charge >= 0.3 is 0 Å². The van der Waals surface area contributed by atoms with Crippen molar-refractivity contribution in [3.05, 3.63) is 0 Å². The van der Waals surface area contributed by atoms with E-state index in [-0.39, 0.29) is 11.9 Å². The lowest BCUT2D eigenvalue weighted by atomic mass is 9.99. The summed E-state index contributed by atoms with van der Waals surface area (Å²) in [6, 6.07) is 0.425. The van der Waals surface area contributed by atoms with E-state index in [9.17, 15) is 13.2 Å². The van der Waals surface area contributed by atoms with Crippen LogP contribution in [0.5, 0.6) is 0 Å². The van der Waals surface area contributed by atoms with E-state index in [0.717, 1.165) is 51.5 Å². The highest BCUT2D eigenvalue weighted by Crippen LogP contribution is 2.25. The lowest BCUT2D eigenvalue weighted by Gasteiger charge is -2.36. The van der Waals surface area contributed by atoms with Gasteiger partial charge < -0.3 is 4.90 Å². The summed E-state index contributed by atoms with van der Waals surface area (Å²) in [7, 11) is -3.26. The molecule has 0 bridgehead atoms. The molecule has 2 fully saturated rings. The molecule has 1 aliphatic carbocycles. The van der Waals surface area contributed by atoms with Gasteiger partial charge in [-0.3, -0.25) is 4.79 Å². The van der Waals surface area contributed by atoms with Gasteiger partial charge in [0.1, 0.15) is 0 Å². The van der Waals surface area contributed by atoms with Crippen molar-refractivity contribution in [1.82, 2.24) is 9.21 Å². The Balaban J connectivity index is 1.97. The molecule has 1 unspecified atom stereocenters. The average Bonchev–Trinajstić information content (AvgIpc) is 2.82. The number of nitrogens with zero attached hydrogens (tertiary/aromatic N) is 2. The Labute approximate surface area is 147 Å². The Morgan fingerprint density at radius 3 is 2.25 bits per heavy atom. The first-order valence-corrected chi connectivity index (χ1v) is 11.5. The minimum Gasteiger partial charge on any atom is -0.340 e. The highest BCUT2D eigenvalue weighted by molar-refractivity contribution is 7.88. The molecule has 140 valence electrons. The summed E-state index contributed by atoms with van der Waals surface area (Å²) in [5.41, 5.74) is 0. The van der Waals surface area contributed by atoms with E-state index in [1.807, 2.05) is 4.90 Å². The molecule has 0 spiro atoms. The number of hydrogen-bond donors (Lipinski definition) is 0. The third-order valence-electron chi connectivity index (χ3n) is 5.62. The molecule has 1 saturated carbocycles. The van der Waals surface area contributed by atoms with Gasteiger partial charge in [0, 0.05) is 31.6 Å². The largest absolute Gasteiger partial charge is 0.340 e. The van der Waals surface area contributed by atoms with Gasteiger partial charge in [-0.25, -0.2) is 8.42 Å². The van der Waals surface area contributed by atoms with Gasteiger partial charge in [-0.1, -0.05) is 32.6 Å². The number of rotatable bonds is 6. The summed E-state index contributed by atoms with van der Waals surface area (Å²) in [5.74, 6) is 0.129. The lowest BCUT2D eigenvalue weighted by Crippen LogP contribution is -2.46. The molecule has 0 N–H and O–H groups in total. The lowest BCUT2D eigenvalue weighted by molar-refractivity contribution is -0.135. The fourth-order valence-electron chi connectivity index (χ4n) is 4.27. The number of hydrogen-bond acceptors (Lipinski definition) is 3. The van der Waals surface area contributed by atoms with E-state index in [4.69, 9.17) is 0 Å². The first-order valence-electron chi connectivity index (χ1n) is 9.69. The average molecular weight is 359 g/mol. The quantitative estimate of drug-likeness (QED) is 0.685. The molecule has 24 heavy (non-hydrogen) atoms. The van der Waals surface area contributed by atoms with Crippen LogP contribution in [0.3, 0.4) is 0 Å². The fraction of sp³-hybridized carbons (Fsp3) is 0.944. The Bertz CT molecular complexity index is 498. The van der Waals surface area contributed by atoms with Crippen LogP contribution >= 0.6 is 0 Å². The molecule has 1 saturated heterocycles. The zero-order chi connectivity index (χ0) is 17.6. The van der Waals surface area contributed by atoms with Gasteiger partial charge in [0.05, 0.1) is 6.26 Å². The standard InChI is InChI=1S/C18H34N2O3S/c1-3-16-10-8-9-14-19(16)18(21)13-15-20(24(2,22)23)17-11-6-4-5-7-12-17/h16-17H,3-15H2,1-2H3. The Morgan fingerprint density at radius 1 is 1.04 bits per heavy atom. The minimum atomic E-state index is -3.26. The molecular weight excluding hydrogens is 324 g/mol. The van der Waals surface area contributed by atoms with Crippen LogP contribution in [0, 0.1) is 0 Å². The number of carbonyl (C=O) groups excluding carboxylic acids is 1. The molecule has 1 atom stereocenters. The first-order chi connectivity index (χ1) is 11.4. The molecule has 2 rings (SSSR count). The van der Waals surface area contributed by atoms with Gasteiger partial charge in [-0.05, 0) is 38.5 Å². The second-order valence-corrected chi connectivity index (χ2v) is 9.35. The van der Waals surface area contributed by atoms with Crippen LogP contribution in [0.1, 0.15) is 77.6 Å². The van der Waals surface area contributed by atoms with Crippen LogP contribution in [0.25, 0.3) is 0 Å². The van der Waals surface area contributed by atoms with E-state index in [2.05, 4.69) is 6.92 Å². The van der Waals surface area contributed by atoms with E-state index in [1.165, 1.54) is 25.5 Å². The molecule has 1 heterocycles. The summed E-state index contributed by atoms with van der Waals surface area (Å²) < 4.78 is 26.1. The first kappa shape index (κ1) is 19.7. The number of sulfonamides is 1. The van der Waals surface area contributed by atoms with Crippen molar-refractivity contribution < 1.29 is 13.2 Å². The van der Waals surface area contributed by atoms with Crippen LogP contribution in [-0.4, -0.2) is 55.0 Å². The number of amides is 1. The van der Waals surface area contributed by atoms with Gasteiger partial charge in [0.15, 0.2) is 0 Å². The Kier molecular flexibility index (Phi) is 7.54.